The van der Waals surface area contributed by atoms with Crippen molar-refractivity contribution in [2.75, 3.05) is 0 Å². The molecule has 0 aromatic carbocycles. The van der Waals surface area contributed by atoms with Gasteiger partial charge in [0.05, 0.1) is 0 Å². The number of pyridine rings is 1. The van der Waals surface area contributed by atoms with Gasteiger partial charge in [0.2, 0.25) is 12.4 Å². The van der Waals surface area contributed by atoms with E-state index in [0.717, 1.165) is 12.4 Å². The molecule has 0 N–H and O–H groups in total. The van der Waals surface area contributed by atoms with Gasteiger partial charge >= 0.3 is 20.8 Å². The van der Waals surface area contributed by atoms with Gasteiger partial charge in [-0.3, -0.25) is 0 Å². The fraction of sp³-hybridized carbons (Fsp3) is 0. The number of thiol groups is 1. The molecular formula is C5H6NO9S3+. The second-order valence-corrected chi connectivity index (χ2v) is 5.86. The lowest BCUT2D eigenvalue weighted by Gasteiger charge is -1.98. The molecule has 13 heteroatoms. The minimum atomic E-state index is -5.28. The van der Waals surface area contributed by atoms with E-state index in [4.69, 9.17) is 0 Å². The quantitative estimate of drug-likeness (QED) is 0.444. The number of nitrogens with zero attached hydrogens (tertiary/aromatic N) is 1. The van der Waals surface area contributed by atoms with E-state index in [9.17, 15) is 25.3 Å². The maximum Gasteiger partial charge on any atom is 0.519 e. The van der Waals surface area contributed by atoms with E-state index in [1.165, 1.54) is 18.2 Å². The van der Waals surface area contributed by atoms with Crippen LogP contribution in [0, 0.1) is 0 Å². The van der Waals surface area contributed by atoms with Crippen LogP contribution in [0.2, 0.25) is 0 Å². The standard InChI is InChI=1S/C5H6NO9S3/c7-16(8)14-18(11,12)15-17(9,10)13-6-4-2-1-3-5-6/h1-5,16H/q+1. The Labute approximate surface area is 104 Å². The largest absolute Gasteiger partial charge is 0.519 e. The molecule has 0 aliphatic rings. The zero-order valence-corrected chi connectivity index (χ0v) is 10.8. The summed E-state index contributed by atoms with van der Waals surface area (Å²) in [6.45, 7) is 0. The maximum absolute atomic E-state index is 11.1. The molecule has 1 aromatic heterocycles. The van der Waals surface area contributed by atoms with E-state index >= 15 is 0 Å². The summed E-state index contributed by atoms with van der Waals surface area (Å²) in [5.41, 5.74) is 0. The molecule has 18 heavy (non-hydrogen) atoms. The molecule has 0 atom stereocenters. The molecule has 0 amide bonds. The van der Waals surface area contributed by atoms with E-state index in [-0.39, 0.29) is 0 Å². The van der Waals surface area contributed by atoms with Crippen LogP contribution in [0.4, 0.5) is 0 Å². The van der Waals surface area contributed by atoms with Gasteiger partial charge in [-0.25, -0.2) is 8.42 Å². The number of aromatic nitrogens is 1. The van der Waals surface area contributed by atoms with Gasteiger partial charge in [0.25, 0.3) is 11.0 Å². The van der Waals surface area contributed by atoms with Gasteiger partial charge in [-0.1, -0.05) is 9.70 Å². The van der Waals surface area contributed by atoms with Crippen molar-refractivity contribution in [1.29, 1.82) is 0 Å². The first kappa shape index (κ1) is 14.8. The highest BCUT2D eigenvalue weighted by Crippen LogP contribution is 2.01. The Morgan fingerprint density at radius 1 is 0.889 bits per heavy atom. The summed E-state index contributed by atoms with van der Waals surface area (Å²) in [5.74, 6) is 0. The van der Waals surface area contributed by atoms with Crippen molar-refractivity contribution in [2.24, 2.45) is 0 Å². The van der Waals surface area contributed by atoms with Gasteiger partial charge in [-0.05, 0) is 0 Å². The van der Waals surface area contributed by atoms with Gasteiger partial charge in [-0.15, -0.1) is 7.91 Å². The third-order valence-corrected chi connectivity index (χ3v) is 4.09. The molecule has 0 radical (unpaired) electrons. The van der Waals surface area contributed by atoms with Crippen molar-refractivity contribution in [3.05, 3.63) is 30.6 Å². The van der Waals surface area contributed by atoms with Crippen molar-refractivity contribution in [3.8, 4) is 0 Å². The second kappa shape index (κ2) is 5.57. The van der Waals surface area contributed by atoms with E-state index < -0.39 is 31.8 Å². The zero-order chi connectivity index (χ0) is 13.8. The first-order chi connectivity index (χ1) is 8.20. The van der Waals surface area contributed by atoms with Crippen molar-refractivity contribution in [3.63, 3.8) is 0 Å². The predicted octanol–water partition coefficient (Wildman–Crippen LogP) is -2.55. The summed E-state index contributed by atoms with van der Waals surface area (Å²) in [7, 11) is -14.2. The van der Waals surface area contributed by atoms with E-state index in [1.54, 1.807) is 0 Å². The van der Waals surface area contributed by atoms with Crippen molar-refractivity contribution in [2.45, 2.75) is 0 Å². The predicted molar refractivity (Wildman–Crippen MR) is 53.5 cm³/mol. The summed E-state index contributed by atoms with van der Waals surface area (Å²) in [4.78, 5) is 0. The molecule has 0 aliphatic heterocycles. The third kappa shape index (κ3) is 5.37. The molecule has 1 heterocycles. The van der Waals surface area contributed by atoms with Gasteiger partial charge in [0.1, 0.15) is 0 Å². The van der Waals surface area contributed by atoms with Crippen molar-refractivity contribution >= 4 is 31.8 Å². The highest BCUT2D eigenvalue weighted by molar-refractivity contribution is 7.98. The Morgan fingerprint density at radius 2 is 1.44 bits per heavy atom. The molecule has 1 rings (SSSR count). The summed E-state index contributed by atoms with van der Waals surface area (Å²) >= 11 is 0. The van der Waals surface area contributed by atoms with E-state index in [2.05, 4.69) is 11.5 Å². The van der Waals surface area contributed by atoms with Crippen molar-refractivity contribution < 1.29 is 41.5 Å². The van der Waals surface area contributed by atoms with E-state index in [0.29, 0.717) is 4.73 Å². The van der Waals surface area contributed by atoms with Gasteiger partial charge < -0.3 is 0 Å². The van der Waals surface area contributed by atoms with Crippen LogP contribution >= 0.6 is 0 Å². The molecule has 10 nitrogen and oxygen atoms in total. The Balaban J connectivity index is 2.84. The lowest BCUT2D eigenvalue weighted by atomic mass is 10.5. The minimum Gasteiger partial charge on any atom is -0.201 e. The van der Waals surface area contributed by atoms with Crippen LogP contribution in [0.3, 0.4) is 0 Å². The molecule has 0 saturated heterocycles. The van der Waals surface area contributed by atoms with Crippen LogP contribution in [0.1, 0.15) is 0 Å². The summed E-state index contributed by atoms with van der Waals surface area (Å²) in [5, 5.41) is 0. The Bertz CT molecular complexity index is 666. The lowest BCUT2D eigenvalue weighted by Crippen LogP contribution is -2.46. The Morgan fingerprint density at radius 3 is 1.94 bits per heavy atom. The zero-order valence-electron chi connectivity index (χ0n) is 8.27. The normalized spacial score (nSPS) is 12.5. The molecular weight excluding hydrogens is 314 g/mol. The van der Waals surface area contributed by atoms with Crippen LogP contribution in [-0.4, -0.2) is 25.3 Å². The highest BCUT2D eigenvalue weighted by Gasteiger charge is 2.30. The lowest BCUT2D eigenvalue weighted by molar-refractivity contribution is -0.857. The Hall–Kier alpha value is -1.28. The molecule has 1 aromatic rings. The maximum atomic E-state index is 11.1. The monoisotopic (exact) mass is 320 g/mol. The number of hydrogen-bond donors (Lipinski definition) is 1. The van der Waals surface area contributed by atoms with Crippen LogP contribution < -0.4 is 9.01 Å². The highest BCUT2D eigenvalue weighted by atomic mass is 32.3. The molecule has 0 spiro atoms. The topological polar surface area (TPSA) is 134 Å². The average Bonchev–Trinajstić information content (AvgIpc) is 2.13. The number of rotatable bonds is 6. The molecule has 0 aliphatic carbocycles. The van der Waals surface area contributed by atoms with Gasteiger partial charge in [-0.2, -0.15) is 16.8 Å². The van der Waals surface area contributed by atoms with Crippen LogP contribution in [-0.2, 0) is 39.0 Å². The molecule has 0 bridgehead atoms. The average molecular weight is 320 g/mol. The molecule has 0 saturated carbocycles. The minimum absolute atomic E-state index is 0.613. The van der Waals surface area contributed by atoms with Crippen molar-refractivity contribution in [1.82, 2.24) is 0 Å². The fourth-order valence-corrected chi connectivity index (χ4v) is 2.88. The van der Waals surface area contributed by atoms with Gasteiger partial charge in [0, 0.05) is 16.9 Å². The second-order valence-electron chi connectivity index (χ2n) is 2.49. The van der Waals surface area contributed by atoms with Gasteiger partial charge in [0.15, 0.2) is 0 Å². The molecule has 0 fully saturated rings. The first-order valence-corrected chi connectivity index (χ1v) is 7.68. The number of hydrogen-bond acceptors (Lipinski definition) is 9. The third-order valence-electron chi connectivity index (χ3n) is 1.18. The molecule has 0 unspecified atom stereocenters. The van der Waals surface area contributed by atoms with Crippen LogP contribution in [0.5, 0.6) is 0 Å². The fourth-order valence-electron chi connectivity index (χ4n) is 0.739. The van der Waals surface area contributed by atoms with Crippen LogP contribution in [0.15, 0.2) is 30.6 Å². The smallest absolute Gasteiger partial charge is 0.201 e. The summed E-state index contributed by atoms with van der Waals surface area (Å²) in [6, 6.07) is 4.30. The first-order valence-electron chi connectivity index (χ1n) is 3.91. The SMILES string of the molecule is O=[SH](=O)OS(=O)(=O)OS(=O)(=O)O[n+]1ccccc1. The van der Waals surface area contributed by atoms with E-state index in [1.807, 2.05) is 0 Å². The summed E-state index contributed by atoms with van der Waals surface area (Å²) in [6.07, 6.45) is 2.25. The Kier molecular flexibility index (Phi) is 4.58. The van der Waals surface area contributed by atoms with Crippen LogP contribution in [0.25, 0.3) is 0 Å². The molecule has 102 valence electrons. The summed E-state index contributed by atoms with van der Waals surface area (Å²) < 4.78 is 75.0.